The van der Waals surface area contributed by atoms with Crippen LogP contribution in [0.2, 0.25) is 5.15 Å². The molecule has 1 aliphatic heterocycles. The van der Waals surface area contributed by atoms with Crippen molar-refractivity contribution in [3.8, 4) is 0 Å². The molecule has 0 saturated carbocycles. The normalized spacial score (nSPS) is 20.4. The summed E-state index contributed by atoms with van der Waals surface area (Å²) < 4.78 is 0. The van der Waals surface area contributed by atoms with Gasteiger partial charge in [0, 0.05) is 25.1 Å². The van der Waals surface area contributed by atoms with Crippen molar-refractivity contribution in [3.63, 3.8) is 0 Å². The quantitative estimate of drug-likeness (QED) is 0.760. The van der Waals surface area contributed by atoms with Crippen molar-refractivity contribution in [1.82, 2.24) is 9.97 Å². The molecule has 2 heterocycles. The van der Waals surface area contributed by atoms with Crippen molar-refractivity contribution in [2.24, 2.45) is 0 Å². The second-order valence-corrected chi connectivity index (χ2v) is 4.60. The highest BCUT2D eigenvalue weighted by atomic mass is 35.5. The molecule has 1 unspecified atom stereocenters. The number of aryl methyl sites for hydroxylation is 1. The third-order valence-corrected chi connectivity index (χ3v) is 3.38. The van der Waals surface area contributed by atoms with Crippen LogP contribution >= 0.6 is 11.6 Å². The third kappa shape index (κ3) is 2.29. The van der Waals surface area contributed by atoms with Crippen molar-refractivity contribution in [3.05, 3.63) is 17.0 Å². The van der Waals surface area contributed by atoms with E-state index in [9.17, 15) is 0 Å². The molecule has 1 fully saturated rings. The number of nitrogens with zero attached hydrogens (tertiary/aromatic N) is 3. The molecule has 4 heteroatoms. The smallest absolute Gasteiger partial charge is 0.134 e. The van der Waals surface area contributed by atoms with Crippen LogP contribution in [0.5, 0.6) is 0 Å². The Morgan fingerprint density at radius 1 is 1.44 bits per heavy atom. The zero-order valence-electron chi connectivity index (χ0n) is 9.91. The molecule has 0 spiro atoms. The molecule has 0 aliphatic carbocycles. The van der Waals surface area contributed by atoms with Crippen LogP contribution in [-0.4, -0.2) is 22.6 Å². The summed E-state index contributed by atoms with van der Waals surface area (Å²) in [6.07, 6.45) is 4.52. The molecule has 0 aromatic carbocycles. The van der Waals surface area contributed by atoms with Gasteiger partial charge in [-0.1, -0.05) is 25.4 Å². The molecule has 0 bridgehead atoms. The summed E-state index contributed by atoms with van der Waals surface area (Å²) in [5.41, 5.74) is 0. The maximum Gasteiger partial charge on any atom is 0.134 e. The summed E-state index contributed by atoms with van der Waals surface area (Å²) in [5.74, 6) is 1.84. The first-order valence-electron chi connectivity index (χ1n) is 6.04. The van der Waals surface area contributed by atoms with E-state index in [1.165, 1.54) is 19.3 Å². The molecule has 1 aliphatic rings. The van der Waals surface area contributed by atoms with Gasteiger partial charge in [-0.25, -0.2) is 9.97 Å². The van der Waals surface area contributed by atoms with Crippen LogP contribution in [0.25, 0.3) is 0 Å². The second-order valence-electron chi connectivity index (χ2n) is 4.22. The summed E-state index contributed by atoms with van der Waals surface area (Å²) >= 11 is 6.02. The molecule has 1 aromatic heterocycles. The van der Waals surface area contributed by atoms with Crippen molar-refractivity contribution < 1.29 is 0 Å². The molecule has 1 atom stereocenters. The fourth-order valence-corrected chi connectivity index (χ4v) is 2.51. The summed E-state index contributed by atoms with van der Waals surface area (Å²) in [5, 5.41) is 0.559. The van der Waals surface area contributed by atoms with Gasteiger partial charge >= 0.3 is 0 Å². The maximum atomic E-state index is 6.02. The minimum atomic E-state index is 0.559. The molecule has 16 heavy (non-hydrogen) atoms. The Morgan fingerprint density at radius 3 is 2.94 bits per heavy atom. The van der Waals surface area contributed by atoms with Gasteiger partial charge in [0.25, 0.3) is 0 Å². The van der Waals surface area contributed by atoms with Gasteiger partial charge in [-0.3, -0.25) is 0 Å². The maximum absolute atomic E-state index is 6.02. The topological polar surface area (TPSA) is 29.0 Å². The molecular formula is C12H18ClN3. The minimum absolute atomic E-state index is 0.559. The monoisotopic (exact) mass is 239 g/mol. The first kappa shape index (κ1) is 11.6. The Kier molecular flexibility index (Phi) is 3.64. The van der Waals surface area contributed by atoms with Gasteiger partial charge in [0.15, 0.2) is 0 Å². The lowest BCUT2D eigenvalue weighted by Gasteiger charge is -2.25. The number of aromatic nitrogens is 2. The van der Waals surface area contributed by atoms with E-state index in [2.05, 4.69) is 28.7 Å². The number of hydrogen-bond acceptors (Lipinski definition) is 3. The van der Waals surface area contributed by atoms with Crippen molar-refractivity contribution in [2.75, 3.05) is 11.4 Å². The van der Waals surface area contributed by atoms with Crippen molar-refractivity contribution in [1.29, 1.82) is 0 Å². The summed E-state index contributed by atoms with van der Waals surface area (Å²) in [4.78, 5) is 11.1. The van der Waals surface area contributed by atoms with E-state index in [0.29, 0.717) is 11.2 Å². The fraction of sp³-hybridized carbons (Fsp3) is 0.667. The standard InChI is InChI=1S/C12H18ClN3/c1-3-9-6-5-7-16(9)12-8-10(13)14-11(4-2)15-12/h8-9H,3-7H2,1-2H3. The van der Waals surface area contributed by atoms with Crippen molar-refractivity contribution in [2.45, 2.75) is 45.6 Å². The van der Waals surface area contributed by atoms with E-state index in [1.54, 1.807) is 0 Å². The molecular weight excluding hydrogens is 222 g/mol. The number of anilines is 1. The molecule has 1 saturated heterocycles. The van der Waals surface area contributed by atoms with E-state index in [-0.39, 0.29) is 0 Å². The van der Waals surface area contributed by atoms with Gasteiger partial charge in [0.05, 0.1) is 0 Å². The lowest BCUT2D eigenvalue weighted by atomic mass is 10.2. The van der Waals surface area contributed by atoms with Crippen molar-refractivity contribution >= 4 is 17.4 Å². The van der Waals surface area contributed by atoms with Gasteiger partial charge in [0.2, 0.25) is 0 Å². The van der Waals surface area contributed by atoms with Gasteiger partial charge in [0.1, 0.15) is 16.8 Å². The summed E-state index contributed by atoms with van der Waals surface area (Å²) in [6, 6.07) is 2.50. The van der Waals surface area contributed by atoms with E-state index in [1.807, 2.05) is 6.07 Å². The fourth-order valence-electron chi connectivity index (χ4n) is 2.32. The Labute approximate surface area is 102 Å². The highest BCUT2D eigenvalue weighted by molar-refractivity contribution is 6.29. The molecule has 1 aromatic rings. The molecule has 88 valence electrons. The average molecular weight is 240 g/mol. The third-order valence-electron chi connectivity index (χ3n) is 3.19. The first-order valence-corrected chi connectivity index (χ1v) is 6.42. The van der Waals surface area contributed by atoms with Crippen LogP contribution < -0.4 is 4.90 Å². The highest BCUT2D eigenvalue weighted by Crippen LogP contribution is 2.27. The summed E-state index contributed by atoms with van der Waals surface area (Å²) in [6.45, 7) is 5.37. The van der Waals surface area contributed by atoms with E-state index in [0.717, 1.165) is 24.6 Å². The molecule has 2 rings (SSSR count). The van der Waals surface area contributed by atoms with Crippen LogP contribution in [0.1, 0.15) is 38.9 Å². The predicted molar refractivity (Wildman–Crippen MR) is 67.1 cm³/mol. The highest BCUT2D eigenvalue weighted by Gasteiger charge is 2.24. The van der Waals surface area contributed by atoms with E-state index in [4.69, 9.17) is 11.6 Å². The Hall–Kier alpha value is -0.830. The zero-order valence-corrected chi connectivity index (χ0v) is 10.7. The van der Waals surface area contributed by atoms with E-state index >= 15 is 0 Å². The lowest BCUT2D eigenvalue weighted by molar-refractivity contribution is 0.638. The van der Waals surface area contributed by atoms with Crippen LogP contribution in [0, 0.1) is 0 Å². The average Bonchev–Trinajstić information content (AvgIpc) is 2.76. The van der Waals surface area contributed by atoms with Crippen LogP contribution in [0.4, 0.5) is 5.82 Å². The largest absolute Gasteiger partial charge is 0.353 e. The van der Waals surface area contributed by atoms with Gasteiger partial charge in [-0.15, -0.1) is 0 Å². The second kappa shape index (κ2) is 5.00. The number of rotatable bonds is 3. The SMILES string of the molecule is CCc1nc(Cl)cc(N2CCCC2CC)n1. The molecule has 0 radical (unpaired) electrons. The van der Waals surface area contributed by atoms with Gasteiger partial charge < -0.3 is 4.90 Å². The molecule has 0 amide bonds. The Morgan fingerprint density at radius 2 is 2.25 bits per heavy atom. The minimum Gasteiger partial charge on any atom is -0.353 e. The zero-order chi connectivity index (χ0) is 11.5. The van der Waals surface area contributed by atoms with Crippen LogP contribution in [0.15, 0.2) is 6.07 Å². The lowest BCUT2D eigenvalue weighted by Crippen LogP contribution is -2.29. The Balaban J connectivity index is 2.28. The van der Waals surface area contributed by atoms with Gasteiger partial charge in [-0.2, -0.15) is 0 Å². The predicted octanol–water partition coefficient (Wildman–Crippen LogP) is 3.07. The Bertz CT molecular complexity index is 367. The van der Waals surface area contributed by atoms with E-state index < -0.39 is 0 Å². The first-order chi connectivity index (χ1) is 7.74. The van der Waals surface area contributed by atoms with Crippen LogP contribution in [0.3, 0.4) is 0 Å². The number of halogens is 1. The summed E-state index contributed by atoms with van der Waals surface area (Å²) in [7, 11) is 0. The number of hydrogen-bond donors (Lipinski definition) is 0. The molecule has 3 nitrogen and oxygen atoms in total. The van der Waals surface area contributed by atoms with Crippen LogP contribution in [-0.2, 0) is 6.42 Å². The van der Waals surface area contributed by atoms with Gasteiger partial charge in [-0.05, 0) is 19.3 Å². The molecule has 0 N–H and O–H groups in total.